The monoisotopic (exact) mass is 332 g/mol. The average molecular weight is 332 g/mol. The molecule has 4 rings (SSSR count). The first-order valence-corrected chi connectivity index (χ1v) is 9.24. The highest BCUT2D eigenvalue weighted by Gasteiger charge is 2.48. The number of fused-ring (bicyclic) bond motifs is 3. The zero-order chi connectivity index (χ0) is 16.2. The second-order valence-electron chi connectivity index (χ2n) is 6.20. The van der Waals surface area contributed by atoms with Gasteiger partial charge in [-0.3, -0.25) is 0 Å². The van der Waals surface area contributed by atoms with E-state index in [9.17, 15) is 18.6 Å². The molecular formula is C17H16O5S. The third-order valence-electron chi connectivity index (χ3n) is 4.65. The second kappa shape index (κ2) is 4.89. The van der Waals surface area contributed by atoms with Gasteiger partial charge in [0.15, 0.2) is 9.84 Å². The van der Waals surface area contributed by atoms with Crippen molar-refractivity contribution in [3.8, 4) is 17.2 Å². The number of benzene rings is 2. The summed E-state index contributed by atoms with van der Waals surface area (Å²) >= 11 is 0. The Morgan fingerprint density at radius 2 is 1.65 bits per heavy atom. The van der Waals surface area contributed by atoms with Crippen LogP contribution in [0.3, 0.4) is 0 Å². The van der Waals surface area contributed by atoms with Gasteiger partial charge in [0.1, 0.15) is 23.4 Å². The van der Waals surface area contributed by atoms with Crippen molar-refractivity contribution in [2.75, 3.05) is 11.5 Å². The Labute approximate surface area is 134 Å². The van der Waals surface area contributed by atoms with Gasteiger partial charge in [-0.25, -0.2) is 8.42 Å². The topological polar surface area (TPSA) is 83.8 Å². The van der Waals surface area contributed by atoms with Crippen molar-refractivity contribution in [1.29, 1.82) is 0 Å². The molecule has 0 saturated carbocycles. The van der Waals surface area contributed by atoms with E-state index in [-0.39, 0.29) is 40.9 Å². The minimum absolute atomic E-state index is 0.0678. The van der Waals surface area contributed by atoms with Crippen molar-refractivity contribution in [2.24, 2.45) is 5.92 Å². The molecule has 2 aliphatic heterocycles. The molecular weight excluding hydrogens is 316 g/mol. The van der Waals surface area contributed by atoms with E-state index in [2.05, 4.69) is 0 Å². The fourth-order valence-electron chi connectivity index (χ4n) is 3.63. The first-order chi connectivity index (χ1) is 10.9. The number of aromatic hydroxyl groups is 2. The molecule has 1 saturated heterocycles. The van der Waals surface area contributed by atoms with Gasteiger partial charge in [-0.05, 0) is 35.9 Å². The van der Waals surface area contributed by atoms with Crippen LogP contribution < -0.4 is 4.74 Å². The van der Waals surface area contributed by atoms with Gasteiger partial charge in [0.2, 0.25) is 0 Å². The molecule has 6 heteroatoms. The molecule has 1 fully saturated rings. The van der Waals surface area contributed by atoms with Crippen molar-refractivity contribution in [3.63, 3.8) is 0 Å². The summed E-state index contributed by atoms with van der Waals surface area (Å²) in [6.07, 6.45) is -0.380. The Kier molecular flexibility index (Phi) is 3.06. The Bertz CT molecular complexity index is 857. The molecule has 120 valence electrons. The standard InChI is InChI=1S/C17H16O5S/c18-11-3-1-10(2-4-11)17-15-9-23(20,21)8-14(15)13-7-12(19)5-6-16(13)22-17/h1-7,14-15,17-19H,8-9H2/t14-,15+,17+/m0/s1. The lowest BCUT2D eigenvalue weighted by Crippen LogP contribution is -2.29. The van der Waals surface area contributed by atoms with Crippen LogP contribution in [-0.4, -0.2) is 30.1 Å². The molecule has 5 nitrogen and oxygen atoms in total. The van der Waals surface area contributed by atoms with Gasteiger partial charge in [-0.1, -0.05) is 12.1 Å². The van der Waals surface area contributed by atoms with Crippen LogP contribution in [-0.2, 0) is 9.84 Å². The fourth-order valence-corrected chi connectivity index (χ4v) is 5.73. The SMILES string of the molecule is O=S1(=O)C[C@H]2[C@@H](c3ccc(O)cc3)Oc3ccc(O)cc3[C@@H]2C1. The Morgan fingerprint density at radius 1 is 0.957 bits per heavy atom. The molecule has 3 atom stereocenters. The summed E-state index contributed by atoms with van der Waals surface area (Å²) in [6, 6.07) is 11.5. The fraction of sp³-hybridized carbons (Fsp3) is 0.294. The van der Waals surface area contributed by atoms with E-state index in [0.717, 1.165) is 11.1 Å². The number of sulfone groups is 1. The van der Waals surface area contributed by atoms with Crippen LogP contribution in [0.4, 0.5) is 0 Å². The molecule has 0 amide bonds. The molecule has 23 heavy (non-hydrogen) atoms. The Balaban J connectivity index is 1.83. The predicted octanol–water partition coefficient (Wildman–Crippen LogP) is 2.36. The van der Waals surface area contributed by atoms with E-state index in [1.807, 2.05) is 0 Å². The van der Waals surface area contributed by atoms with Crippen molar-refractivity contribution in [3.05, 3.63) is 53.6 Å². The van der Waals surface area contributed by atoms with E-state index in [0.29, 0.717) is 5.75 Å². The number of ether oxygens (including phenoxy) is 1. The highest BCUT2D eigenvalue weighted by atomic mass is 32.2. The Morgan fingerprint density at radius 3 is 2.39 bits per heavy atom. The minimum Gasteiger partial charge on any atom is -0.508 e. The van der Waals surface area contributed by atoms with E-state index >= 15 is 0 Å². The molecule has 0 spiro atoms. The molecule has 0 radical (unpaired) electrons. The first kappa shape index (κ1) is 14.4. The molecule has 0 aromatic heterocycles. The largest absolute Gasteiger partial charge is 0.508 e. The van der Waals surface area contributed by atoms with Crippen LogP contribution in [0.15, 0.2) is 42.5 Å². The first-order valence-electron chi connectivity index (χ1n) is 7.42. The zero-order valence-corrected chi connectivity index (χ0v) is 13.0. The van der Waals surface area contributed by atoms with Crippen molar-refractivity contribution >= 4 is 9.84 Å². The lowest BCUT2D eigenvalue weighted by Gasteiger charge is -2.35. The molecule has 0 bridgehead atoms. The molecule has 0 unspecified atom stereocenters. The maximum atomic E-state index is 12.2. The van der Waals surface area contributed by atoms with Gasteiger partial charge < -0.3 is 14.9 Å². The van der Waals surface area contributed by atoms with Crippen LogP contribution in [0.1, 0.15) is 23.1 Å². The van der Waals surface area contributed by atoms with Crippen molar-refractivity contribution < 1.29 is 23.4 Å². The van der Waals surface area contributed by atoms with Gasteiger partial charge >= 0.3 is 0 Å². The summed E-state index contributed by atoms with van der Waals surface area (Å²) in [5, 5.41) is 19.2. The third-order valence-corrected chi connectivity index (χ3v) is 6.41. The third kappa shape index (κ3) is 2.43. The van der Waals surface area contributed by atoms with Gasteiger partial charge in [-0.15, -0.1) is 0 Å². The van der Waals surface area contributed by atoms with Crippen LogP contribution in [0, 0.1) is 5.92 Å². The van der Waals surface area contributed by atoms with Gasteiger partial charge in [0.05, 0.1) is 11.5 Å². The van der Waals surface area contributed by atoms with Gasteiger partial charge in [-0.2, -0.15) is 0 Å². The van der Waals surface area contributed by atoms with E-state index in [4.69, 9.17) is 4.74 Å². The normalized spacial score (nSPS) is 27.7. The average Bonchev–Trinajstić information content (AvgIpc) is 2.83. The number of phenols is 2. The smallest absolute Gasteiger partial charge is 0.151 e. The van der Waals surface area contributed by atoms with Gasteiger partial charge in [0, 0.05) is 17.4 Å². The second-order valence-corrected chi connectivity index (χ2v) is 8.35. The summed E-state index contributed by atoms with van der Waals surface area (Å²) in [5.41, 5.74) is 1.60. The number of hydrogen-bond donors (Lipinski definition) is 2. The summed E-state index contributed by atoms with van der Waals surface area (Å²) in [5.74, 6) is 0.640. The highest BCUT2D eigenvalue weighted by Crippen LogP contribution is 2.51. The Hall–Kier alpha value is -2.21. The maximum absolute atomic E-state index is 12.2. The lowest BCUT2D eigenvalue weighted by atomic mass is 9.80. The summed E-state index contributed by atoms with van der Waals surface area (Å²) in [7, 11) is -3.14. The zero-order valence-electron chi connectivity index (χ0n) is 12.2. The summed E-state index contributed by atoms with van der Waals surface area (Å²) in [4.78, 5) is 0. The molecule has 2 heterocycles. The van der Waals surface area contributed by atoms with E-state index in [1.165, 1.54) is 6.07 Å². The summed E-state index contributed by atoms with van der Waals surface area (Å²) < 4.78 is 30.4. The lowest BCUT2D eigenvalue weighted by molar-refractivity contribution is 0.114. The van der Waals surface area contributed by atoms with Gasteiger partial charge in [0.25, 0.3) is 0 Å². The van der Waals surface area contributed by atoms with E-state index < -0.39 is 9.84 Å². The molecule has 2 N–H and O–H groups in total. The van der Waals surface area contributed by atoms with Crippen LogP contribution in [0.5, 0.6) is 17.2 Å². The quantitative estimate of drug-likeness (QED) is 0.837. The molecule has 2 aliphatic rings. The number of phenolic OH excluding ortho intramolecular Hbond substituents is 2. The molecule has 2 aromatic carbocycles. The maximum Gasteiger partial charge on any atom is 0.151 e. The minimum atomic E-state index is -3.14. The van der Waals surface area contributed by atoms with E-state index in [1.54, 1.807) is 36.4 Å². The number of rotatable bonds is 1. The molecule has 0 aliphatic carbocycles. The van der Waals surface area contributed by atoms with Crippen LogP contribution >= 0.6 is 0 Å². The van der Waals surface area contributed by atoms with Crippen LogP contribution in [0.2, 0.25) is 0 Å². The highest BCUT2D eigenvalue weighted by molar-refractivity contribution is 7.91. The number of hydrogen-bond acceptors (Lipinski definition) is 5. The molecule has 2 aromatic rings. The summed E-state index contributed by atoms with van der Waals surface area (Å²) in [6.45, 7) is 0. The van der Waals surface area contributed by atoms with Crippen LogP contribution in [0.25, 0.3) is 0 Å². The van der Waals surface area contributed by atoms with Crippen molar-refractivity contribution in [1.82, 2.24) is 0 Å². The van der Waals surface area contributed by atoms with Crippen molar-refractivity contribution in [2.45, 2.75) is 12.0 Å². The predicted molar refractivity (Wildman–Crippen MR) is 84.5 cm³/mol.